The van der Waals surface area contributed by atoms with E-state index in [1.165, 1.54) is 0 Å². The van der Waals surface area contributed by atoms with Gasteiger partial charge in [0.2, 0.25) is 0 Å². The van der Waals surface area contributed by atoms with Crippen LogP contribution in [0.5, 0.6) is 0 Å². The van der Waals surface area contributed by atoms with Crippen molar-refractivity contribution in [2.75, 3.05) is 6.54 Å². The Morgan fingerprint density at radius 1 is 1.20 bits per heavy atom. The minimum atomic E-state index is -0.833. The fourth-order valence-corrected chi connectivity index (χ4v) is 2.81. The lowest BCUT2D eigenvalue weighted by Gasteiger charge is -2.17. The van der Waals surface area contributed by atoms with Gasteiger partial charge in [0, 0.05) is 23.2 Å². The molecule has 0 unspecified atom stereocenters. The largest absolute Gasteiger partial charge is 0.452 e. The summed E-state index contributed by atoms with van der Waals surface area (Å²) in [5, 5.41) is 6.06. The van der Waals surface area contributed by atoms with Gasteiger partial charge in [-0.15, -0.1) is 0 Å². The summed E-state index contributed by atoms with van der Waals surface area (Å²) in [6, 6.07) is 6.63. The van der Waals surface area contributed by atoms with Crippen LogP contribution in [0.2, 0.25) is 5.02 Å². The van der Waals surface area contributed by atoms with Crippen molar-refractivity contribution in [3.8, 4) is 0 Å². The molecule has 0 saturated heterocycles. The van der Waals surface area contributed by atoms with Gasteiger partial charge >= 0.3 is 5.97 Å². The summed E-state index contributed by atoms with van der Waals surface area (Å²) in [5.41, 5.74) is 0.460. The number of benzene rings is 1. The fraction of sp³-hybridized carbons (Fsp3) is 0.500. The number of carbonyl (C=O) groups is 3. The minimum Gasteiger partial charge on any atom is -0.452 e. The third-order valence-corrected chi connectivity index (χ3v) is 4.35. The van der Waals surface area contributed by atoms with E-state index in [4.69, 9.17) is 16.3 Å². The fourth-order valence-electron chi connectivity index (χ4n) is 2.68. The number of rotatable bonds is 7. The third kappa shape index (κ3) is 6.38. The lowest BCUT2D eigenvalue weighted by atomic mass is 10.2. The maximum Gasteiger partial charge on any atom is 0.308 e. The van der Waals surface area contributed by atoms with Crippen molar-refractivity contribution in [1.29, 1.82) is 0 Å². The van der Waals surface area contributed by atoms with E-state index in [2.05, 4.69) is 10.6 Å². The highest BCUT2D eigenvalue weighted by atomic mass is 35.5. The smallest absolute Gasteiger partial charge is 0.308 e. The van der Waals surface area contributed by atoms with E-state index in [9.17, 15) is 14.4 Å². The van der Waals surface area contributed by atoms with Crippen LogP contribution in [0, 0.1) is 0 Å². The first-order valence-corrected chi connectivity index (χ1v) is 8.87. The Labute approximate surface area is 152 Å². The van der Waals surface area contributed by atoms with Gasteiger partial charge in [-0.3, -0.25) is 14.4 Å². The molecule has 0 spiro atoms. The highest BCUT2D eigenvalue weighted by Crippen LogP contribution is 2.17. The molecule has 2 rings (SSSR count). The minimum absolute atomic E-state index is 0.000375. The molecular formula is C18H23ClN2O4. The molecule has 1 aromatic carbocycles. The molecule has 2 amide bonds. The Morgan fingerprint density at radius 3 is 2.48 bits per heavy atom. The van der Waals surface area contributed by atoms with Gasteiger partial charge in [-0.1, -0.05) is 24.4 Å². The van der Waals surface area contributed by atoms with Crippen LogP contribution in [0.3, 0.4) is 0 Å². The highest BCUT2D eigenvalue weighted by Gasteiger charge is 2.22. The van der Waals surface area contributed by atoms with Gasteiger partial charge in [0.05, 0.1) is 6.42 Å². The number of hydrogen-bond donors (Lipinski definition) is 2. The molecule has 1 aromatic rings. The molecule has 0 aromatic heterocycles. The van der Waals surface area contributed by atoms with Crippen LogP contribution in [-0.2, 0) is 14.3 Å². The van der Waals surface area contributed by atoms with Gasteiger partial charge in [0.15, 0.2) is 6.10 Å². The predicted molar refractivity (Wildman–Crippen MR) is 94.4 cm³/mol. The quantitative estimate of drug-likeness (QED) is 0.726. The summed E-state index contributed by atoms with van der Waals surface area (Å²) in [6.07, 6.45) is 3.35. The zero-order valence-electron chi connectivity index (χ0n) is 14.2. The highest BCUT2D eigenvalue weighted by molar-refractivity contribution is 6.30. The van der Waals surface area contributed by atoms with E-state index in [-0.39, 0.29) is 30.8 Å². The van der Waals surface area contributed by atoms with E-state index in [1.54, 1.807) is 31.2 Å². The second-order valence-corrected chi connectivity index (χ2v) is 6.57. The average Bonchev–Trinajstić information content (AvgIpc) is 3.08. The predicted octanol–water partition coefficient (Wildman–Crippen LogP) is 2.45. The lowest BCUT2D eigenvalue weighted by molar-refractivity contribution is -0.154. The summed E-state index contributed by atoms with van der Waals surface area (Å²) in [6.45, 7) is 1.69. The first kappa shape index (κ1) is 19.2. The standard InChI is InChI=1S/C18H23ClN2O4/c1-12(17(23)21-15-4-2-3-5-15)25-16(22)10-11-20-18(24)13-6-8-14(19)9-7-13/h6-9,12,15H,2-5,10-11H2,1H3,(H,20,24)(H,21,23)/t12-/m0/s1. The van der Waals surface area contributed by atoms with Crippen LogP contribution in [0.15, 0.2) is 24.3 Å². The second-order valence-electron chi connectivity index (χ2n) is 6.13. The number of halogens is 1. The van der Waals surface area contributed by atoms with Crippen molar-refractivity contribution < 1.29 is 19.1 Å². The van der Waals surface area contributed by atoms with Crippen LogP contribution < -0.4 is 10.6 Å². The van der Waals surface area contributed by atoms with Crippen LogP contribution in [0.1, 0.15) is 49.4 Å². The molecule has 25 heavy (non-hydrogen) atoms. The summed E-state index contributed by atoms with van der Waals surface area (Å²) >= 11 is 5.76. The first-order chi connectivity index (χ1) is 12.0. The van der Waals surface area contributed by atoms with Crippen LogP contribution in [0.25, 0.3) is 0 Å². The van der Waals surface area contributed by atoms with Crippen molar-refractivity contribution in [2.24, 2.45) is 0 Å². The molecule has 1 fully saturated rings. The zero-order valence-corrected chi connectivity index (χ0v) is 15.0. The number of nitrogens with one attached hydrogen (secondary N) is 2. The summed E-state index contributed by atoms with van der Waals surface area (Å²) in [7, 11) is 0. The SMILES string of the molecule is C[C@H](OC(=O)CCNC(=O)c1ccc(Cl)cc1)C(=O)NC1CCCC1. The van der Waals surface area contributed by atoms with Gasteiger partial charge in [-0.25, -0.2) is 0 Å². The average molecular weight is 367 g/mol. The van der Waals surface area contributed by atoms with E-state index >= 15 is 0 Å². The summed E-state index contributed by atoms with van der Waals surface area (Å²) < 4.78 is 5.11. The molecule has 0 radical (unpaired) electrons. The summed E-state index contributed by atoms with van der Waals surface area (Å²) in [4.78, 5) is 35.6. The van der Waals surface area contributed by atoms with Crippen molar-refractivity contribution in [3.63, 3.8) is 0 Å². The van der Waals surface area contributed by atoms with Gasteiger partial charge in [0.25, 0.3) is 11.8 Å². The van der Waals surface area contributed by atoms with Gasteiger partial charge in [0.1, 0.15) is 0 Å². The van der Waals surface area contributed by atoms with Crippen molar-refractivity contribution in [1.82, 2.24) is 10.6 Å². The first-order valence-electron chi connectivity index (χ1n) is 8.49. The Bertz CT molecular complexity index is 612. The van der Waals surface area contributed by atoms with Gasteiger partial charge < -0.3 is 15.4 Å². The maximum atomic E-state index is 12.0. The molecule has 6 nitrogen and oxygen atoms in total. The van der Waals surface area contributed by atoms with Crippen LogP contribution >= 0.6 is 11.6 Å². The molecule has 0 aliphatic heterocycles. The number of hydrogen-bond acceptors (Lipinski definition) is 4. The molecule has 1 atom stereocenters. The topological polar surface area (TPSA) is 84.5 Å². The van der Waals surface area contributed by atoms with E-state index in [0.29, 0.717) is 10.6 Å². The van der Waals surface area contributed by atoms with Gasteiger partial charge in [-0.2, -0.15) is 0 Å². The van der Waals surface area contributed by atoms with E-state index in [1.807, 2.05) is 0 Å². The van der Waals surface area contributed by atoms with Gasteiger partial charge in [-0.05, 0) is 44.0 Å². The number of carbonyl (C=O) groups excluding carboxylic acids is 3. The Balaban J connectivity index is 1.66. The Kier molecular flexibility index (Phi) is 7.25. The Hall–Kier alpha value is -2.08. The molecule has 0 heterocycles. The molecule has 2 N–H and O–H groups in total. The molecule has 136 valence electrons. The Morgan fingerprint density at radius 2 is 1.84 bits per heavy atom. The monoisotopic (exact) mass is 366 g/mol. The van der Waals surface area contributed by atoms with Crippen molar-refractivity contribution in [2.45, 2.75) is 51.2 Å². The van der Waals surface area contributed by atoms with Crippen molar-refractivity contribution in [3.05, 3.63) is 34.9 Å². The molecule has 1 aliphatic carbocycles. The lowest BCUT2D eigenvalue weighted by Crippen LogP contribution is -2.41. The van der Waals surface area contributed by atoms with Crippen LogP contribution in [0.4, 0.5) is 0 Å². The summed E-state index contributed by atoms with van der Waals surface area (Å²) in [5.74, 6) is -1.09. The molecular weight excluding hydrogens is 344 g/mol. The third-order valence-electron chi connectivity index (χ3n) is 4.10. The molecule has 0 bridgehead atoms. The molecule has 7 heteroatoms. The maximum absolute atomic E-state index is 12.0. The van der Waals surface area contributed by atoms with Crippen molar-refractivity contribution >= 4 is 29.4 Å². The number of ether oxygens (including phenoxy) is 1. The number of esters is 1. The number of amides is 2. The molecule has 1 aliphatic rings. The zero-order chi connectivity index (χ0) is 18.2. The van der Waals surface area contributed by atoms with E-state index < -0.39 is 12.1 Å². The normalized spacial score (nSPS) is 15.4. The van der Waals surface area contributed by atoms with Crippen LogP contribution in [-0.4, -0.2) is 36.5 Å². The van der Waals surface area contributed by atoms with E-state index in [0.717, 1.165) is 25.7 Å². The molecule has 1 saturated carbocycles. The second kappa shape index (κ2) is 9.42.